The Hall–Kier alpha value is 0.0383. The summed E-state index contributed by atoms with van der Waals surface area (Å²) in [4.78, 5) is 15.5. The van der Waals surface area contributed by atoms with E-state index in [-0.39, 0.29) is 39.1 Å². The maximum Gasteiger partial charge on any atom is 0.308 e. The van der Waals surface area contributed by atoms with Crippen LogP contribution in [0.2, 0.25) is 0 Å². The Morgan fingerprint density at radius 1 is 0.443 bits per heavy atom. The third-order valence-electron chi connectivity index (χ3n) is 12.6. The number of hydrogen-bond acceptors (Lipinski definition) is 5. The first-order chi connectivity index (χ1) is 29.5. The van der Waals surface area contributed by atoms with Crippen LogP contribution in [0.1, 0.15) is 297 Å². The molecule has 0 aliphatic carbocycles. The maximum absolute atomic E-state index is 12.9. The molecule has 0 aliphatic heterocycles. The third kappa shape index (κ3) is 54.3. The largest absolute Gasteiger partial charge is 0.465 e. The Morgan fingerprint density at radius 3 is 1.13 bits per heavy atom. The van der Waals surface area contributed by atoms with Gasteiger partial charge in [-0.2, -0.15) is 6.42 Å². The SMILES string of the molecule is CCCCCCCCCCC(O)CCCCCCCC.[CH2-]CCCCCN(CCCCO)CCCCCCOC(=O)C(CCCCCCCC)CCCCCCCCCC.[W]. The van der Waals surface area contributed by atoms with Gasteiger partial charge in [0.15, 0.2) is 0 Å². The van der Waals surface area contributed by atoms with Gasteiger partial charge < -0.3 is 26.8 Å². The van der Waals surface area contributed by atoms with E-state index in [2.05, 4.69) is 39.5 Å². The minimum atomic E-state index is -0.0266. The van der Waals surface area contributed by atoms with Crippen molar-refractivity contribution in [1.29, 1.82) is 0 Å². The van der Waals surface area contributed by atoms with Crippen LogP contribution in [0.25, 0.3) is 0 Å². The van der Waals surface area contributed by atoms with E-state index in [0.29, 0.717) is 13.2 Å². The number of hydrogen-bond donors (Lipinski definition) is 2. The second-order valence-corrected chi connectivity index (χ2v) is 18.8. The number of unbranched alkanes of at least 4 members (excludes halogenated alkanes) is 31. The van der Waals surface area contributed by atoms with Crippen LogP contribution in [0.4, 0.5) is 0 Å². The summed E-state index contributed by atoms with van der Waals surface area (Å²) in [6, 6.07) is 0. The Bertz CT molecular complexity index is 785. The topological polar surface area (TPSA) is 70.0 Å². The van der Waals surface area contributed by atoms with E-state index in [1.165, 1.54) is 218 Å². The Kier molecular flexibility index (Phi) is 62.2. The fraction of sp³-hybridized carbons (Fsp3) is 0.964. The van der Waals surface area contributed by atoms with Gasteiger partial charge in [-0.25, -0.2) is 0 Å². The van der Waals surface area contributed by atoms with Gasteiger partial charge in [0, 0.05) is 27.7 Å². The van der Waals surface area contributed by atoms with Gasteiger partial charge in [0.2, 0.25) is 0 Å². The molecule has 2 N–H and O–H groups in total. The van der Waals surface area contributed by atoms with Crippen LogP contribution in [-0.4, -0.2) is 60.0 Å². The minimum Gasteiger partial charge on any atom is -0.465 e. The molecule has 368 valence electrons. The summed E-state index contributed by atoms with van der Waals surface area (Å²) in [6.07, 6.45) is 52.4. The third-order valence-corrected chi connectivity index (χ3v) is 12.6. The monoisotopic (exact) mass is 1030 g/mol. The second kappa shape index (κ2) is 58.1. The zero-order chi connectivity index (χ0) is 44.3. The van der Waals surface area contributed by atoms with Gasteiger partial charge in [-0.3, -0.25) is 4.79 Å². The van der Waals surface area contributed by atoms with E-state index in [4.69, 9.17) is 9.84 Å². The molecule has 0 saturated carbocycles. The number of rotatable bonds is 49. The van der Waals surface area contributed by atoms with E-state index in [1.807, 2.05) is 0 Å². The Balaban J connectivity index is -0.00000135. The van der Waals surface area contributed by atoms with Crippen LogP contribution in [0.3, 0.4) is 0 Å². The zero-order valence-electron chi connectivity index (χ0n) is 42.2. The summed E-state index contributed by atoms with van der Waals surface area (Å²) in [5.74, 6) is 0.191. The fourth-order valence-corrected chi connectivity index (χ4v) is 8.45. The molecule has 5 nitrogen and oxygen atoms in total. The predicted molar refractivity (Wildman–Crippen MR) is 266 cm³/mol. The van der Waals surface area contributed by atoms with Crippen LogP contribution >= 0.6 is 0 Å². The molecule has 2 unspecified atom stereocenters. The Labute approximate surface area is 398 Å². The van der Waals surface area contributed by atoms with Crippen LogP contribution in [0, 0.1) is 12.8 Å². The predicted octanol–water partition coefficient (Wildman–Crippen LogP) is 17.1. The molecule has 6 heteroatoms. The standard InChI is InChI=1S/C36H72NO3.C19H40O.W/c1-4-7-10-13-15-16-18-22-29-35(28-21-17-14-11-8-5-2)36(39)40-34-27-20-19-24-31-37(32-25-26-33-38)30-23-12-9-6-3;1-3-5-7-9-11-12-14-16-18-19(20)17-15-13-10-8-6-4-2;/h35,38H,3-34H2,1-2H3;19-20H,3-18H2,1-2H3;/q-1;;. The van der Waals surface area contributed by atoms with E-state index in [9.17, 15) is 9.90 Å². The second-order valence-electron chi connectivity index (χ2n) is 18.8. The number of ether oxygens (including phenoxy) is 1. The van der Waals surface area contributed by atoms with Crippen molar-refractivity contribution in [3.8, 4) is 0 Å². The number of nitrogens with zero attached hydrogens (tertiary/aromatic N) is 1. The molecule has 0 aromatic heterocycles. The molecule has 0 fully saturated rings. The van der Waals surface area contributed by atoms with Crippen molar-refractivity contribution in [2.45, 2.75) is 303 Å². The number of aliphatic hydroxyl groups excluding tert-OH is 2. The van der Waals surface area contributed by atoms with Gasteiger partial charge >= 0.3 is 5.97 Å². The molecule has 0 bridgehead atoms. The van der Waals surface area contributed by atoms with Gasteiger partial charge in [-0.15, -0.1) is 0 Å². The molecule has 0 amide bonds. The summed E-state index contributed by atoms with van der Waals surface area (Å²) in [5.41, 5.74) is 0. The molecule has 0 rings (SSSR count). The van der Waals surface area contributed by atoms with Crippen molar-refractivity contribution >= 4 is 5.97 Å². The molecule has 61 heavy (non-hydrogen) atoms. The average Bonchev–Trinajstić information content (AvgIpc) is 3.25. The van der Waals surface area contributed by atoms with E-state index in [1.54, 1.807) is 0 Å². The zero-order valence-corrected chi connectivity index (χ0v) is 45.1. The van der Waals surface area contributed by atoms with Crippen LogP contribution < -0.4 is 0 Å². The normalized spacial score (nSPS) is 12.3. The summed E-state index contributed by atoms with van der Waals surface area (Å²) in [5, 5.41) is 19.0. The van der Waals surface area contributed by atoms with Gasteiger partial charge in [-0.05, 0) is 77.4 Å². The molecule has 0 radical (unpaired) electrons. The smallest absolute Gasteiger partial charge is 0.308 e. The van der Waals surface area contributed by atoms with Crippen molar-refractivity contribution in [1.82, 2.24) is 4.90 Å². The van der Waals surface area contributed by atoms with Gasteiger partial charge in [0.05, 0.1) is 18.6 Å². The first kappa shape index (κ1) is 65.3. The average molecular weight is 1040 g/mol. The molecule has 0 saturated heterocycles. The van der Waals surface area contributed by atoms with Crippen molar-refractivity contribution < 1.29 is 40.8 Å². The van der Waals surface area contributed by atoms with E-state index >= 15 is 0 Å². The number of carbonyl (C=O) groups is 1. The molecule has 0 aromatic rings. The molecule has 2 atom stereocenters. The number of esters is 1. The van der Waals surface area contributed by atoms with Crippen LogP contribution in [-0.2, 0) is 30.6 Å². The quantitative estimate of drug-likeness (QED) is 0.0361. The first-order valence-corrected chi connectivity index (χ1v) is 27.5. The number of aliphatic hydroxyl groups is 2. The maximum atomic E-state index is 12.9. The van der Waals surface area contributed by atoms with Gasteiger partial charge in [0.1, 0.15) is 0 Å². The first-order valence-electron chi connectivity index (χ1n) is 27.5. The Morgan fingerprint density at radius 2 is 0.754 bits per heavy atom. The van der Waals surface area contributed by atoms with Crippen molar-refractivity contribution in [2.24, 2.45) is 5.92 Å². The molecule has 0 heterocycles. The fourth-order valence-electron chi connectivity index (χ4n) is 8.45. The summed E-state index contributed by atoms with van der Waals surface area (Å²) < 4.78 is 5.81. The van der Waals surface area contributed by atoms with Gasteiger partial charge in [-0.1, -0.05) is 233 Å². The summed E-state index contributed by atoms with van der Waals surface area (Å²) in [6.45, 7) is 17.3. The van der Waals surface area contributed by atoms with Crippen LogP contribution in [0.5, 0.6) is 0 Å². The van der Waals surface area contributed by atoms with E-state index in [0.717, 1.165) is 70.9 Å². The minimum absolute atomic E-state index is 0. The van der Waals surface area contributed by atoms with E-state index < -0.39 is 0 Å². The summed E-state index contributed by atoms with van der Waals surface area (Å²) in [7, 11) is 0. The van der Waals surface area contributed by atoms with Crippen LogP contribution in [0.15, 0.2) is 0 Å². The molecule has 0 spiro atoms. The number of carbonyl (C=O) groups excluding carboxylic acids is 1. The van der Waals surface area contributed by atoms with Gasteiger partial charge in [0.25, 0.3) is 0 Å². The van der Waals surface area contributed by atoms with Crippen molar-refractivity contribution in [3.05, 3.63) is 6.92 Å². The summed E-state index contributed by atoms with van der Waals surface area (Å²) >= 11 is 0. The molecular formula is C55H112NO4W-. The van der Waals surface area contributed by atoms with Crippen molar-refractivity contribution in [2.75, 3.05) is 32.8 Å². The molecular weight excluding hydrogens is 922 g/mol. The molecule has 0 aliphatic rings. The van der Waals surface area contributed by atoms with Crippen molar-refractivity contribution in [3.63, 3.8) is 0 Å². The molecule has 0 aromatic carbocycles.